The van der Waals surface area contributed by atoms with Gasteiger partial charge in [-0.15, -0.1) is 24.0 Å². The molecule has 3 aliphatic rings. The van der Waals surface area contributed by atoms with Gasteiger partial charge in [0.15, 0.2) is 5.96 Å². The number of aliphatic hydroxyl groups is 1. The van der Waals surface area contributed by atoms with Crippen molar-refractivity contribution in [2.75, 3.05) is 85.7 Å². The third-order valence-electron chi connectivity index (χ3n) is 7.12. The minimum absolute atomic E-state index is 0. The van der Waals surface area contributed by atoms with Crippen molar-refractivity contribution in [2.24, 2.45) is 4.99 Å². The zero-order valence-electron chi connectivity index (χ0n) is 20.6. The second-order valence-corrected chi connectivity index (χ2v) is 10.0. The highest BCUT2D eigenvalue weighted by atomic mass is 127. The van der Waals surface area contributed by atoms with Gasteiger partial charge in [0.25, 0.3) is 0 Å². The van der Waals surface area contributed by atoms with Gasteiger partial charge in [-0.05, 0) is 72.8 Å². The Morgan fingerprint density at radius 2 is 1.69 bits per heavy atom. The van der Waals surface area contributed by atoms with Crippen molar-refractivity contribution >= 4 is 29.9 Å². The minimum Gasteiger partial charge on any atom is -0.387 e. The van der Waals surface area contributed by atoms with Crippen molar-refractivity contribution in [2.45, 2.75) is 57.1 Å². The van der Waals surface area contributed by atoms with Gasteiger partial charge in [-0.25, -0.2) is 0 Å². The fourth-order valence-electron chi connectivity index (χ4n) is 5.14. The van der Waals surface area contributed by atoms with Gasteiger partial charge in [-0.3, -0.25) is 14.8 Å². The first-order chi connectivity index (χ1) is 14.9. The third kappa shape index (κ3) is 8.54. The van der Waals surface area contributed by atoms with E-state index in [1.54, 1.807) is 0 Å². The third-order valence-corrected chi connectivity index (χ3v) is 7.12. The Hall–Kier alpha value is -0.200. The first kappa shape index (κ1) is 28.0. The summed E-state index contributed by atoms with van der Waals surface area (Å²) in [6, 6.07) is 0. The highest BCUT2D eigenvalue weighted by molar-refractivity contribution is 14.0. The Bertz CT molecular complexity index is 557. The van der Waals surface area contributed by atoms with Crippen LogP contribution in [0.3, 0.4) is 0 Å². The Balaban J connectivity index is 0.00000363. The summed E-state index contributed by atoms with van der Waals surface area (Å²) in [5.41, 5.74) is -0.642. The molecule has 0 amide bonds. The Morgan fingerprint density at radius 3 is 2.31 bits per heavy atom. The molecule has 8 nitrogen and oxygen atoms in total. The molecule has 0 spiro atoms. The Morgan fingerprint density at radius 1 is 1.03 bits per heavy atom. The topological polar surface area (TPSA) is 75.6 Å². The molecule has 1 unspecified atom stereocenters. The van der Waals surface area contributed by atoms with Gasteiger partial charge in [0.05, 0.1) is 25.4 Å². The molecule has 0 aromatic heterocycles. The van der Waals surface area contributed by atoms with Crippen LogP contribution in [0.25, 0.3) is 0 Å². The summed E-state index contributed by atoms with van der Waals surface area (Å²) >= 11 is 0. The van der Waals surface area contributed by atoms with Crippen LogP contribution in [-0.2, 0) is 4.74 Å². The molecule has 0 radical (unpaired) electrons. The maximum absolute atomic E-state index is 10.9. The average Bonchev–Trinajstić information content (AvgIpc) is 2.78. The number of halogens is 1. The molecular formula is C23H47IN6O2. The Kier molecular flexibility index (Phi) is 11.9. The zero-order chi connectivity index (χ0) is 22.2. The number of guanidine groups is 1. The number of rotatable bonds is 8. The van der Waals surface area contributed by atoms with Crippen LogP contribution < -0.4 is 10.6 Å². The van der Waals surface area contributed by atoms with Crippen molar-refractivity contribution in [3.8, 4) is 0 Å². The molecule has 3 fully saturated rings. The molecule has 3 N–H and O–H groups in total. The summed E-state index contributed by atoms with van der Waals surface area (Å²) < 4.78 is 5.42. The number of hydrogen-bond acceptors (Lipinski definition) is 6. The van der Waals surface area contributed by atoms with Gasteiger partial charge in [0, 0.05) is 38.3 Å². The van der Waals surface area contributed by atoms with Crippen LogP contribution in [-0.4, -0.2) is 123 Å². The average molecular weight is 567 g/mol. The number of nitrogens with one attached hydrogen (secondary N) is 2. The van der Waals surface area contributed by atoms with Gasteiger partial charge in [0.2, 0.25) is 0 Å². The van der Waals surface area contributed by atoms with E-state index < -0.39 is 5.60 Å². The SMILES string of the molecule is CCNC(=NCC(C)(O)CN1CCOCC1)NCC1(N2CCCCC2)CCN(C)CC1.I. The lowest BCUT2D eigenvalue weighted by atomic mass is 9.84. The lowest BCUT2D eigenvalue weighted by molar-refractivity contribution is -0.0180. The number of likely N-dealkylation sites (tertiary alicyclic amines) is 2. The molecule has 32 heavy (non-hydrogen) atoms. The van der Waals surface area contributed by atoms with Crippen LogP contribution in [0.2, 0.25) is 0 Å². The molecule has 0 aromatic carbocycles. The summed E-state index contributed by atoms with van der Waals surface area (Å²) in [5.74, 6) is 0.820. The summed E-state index contributed by atoms with van der Waals surface area (Å²) in [6.07, 6.45) is 6.39. The van der Waals surface area contributed by atoms with Crippen LogP contribution in [0, 0.1) is 0 Å². The lowest BCUT2D eigenvalue weighted by Crippen LogP contribution is -2.62. The molecule has 1 atom stereocenters. The monoisotopic (exact) mass is 566 g/mol. The number of nitrogens with zero attached hydrogens (tertiary/aromatic N) is 4. The number of ether oxygens (including phenoxy) is 1. The van der Waals surface area contributed by atoms with E-state index in [0.29, 0.717) is 13.1 Å². The summed E-state index contributed by atoms with van der Waals surface area (Å²) in [5, 5.41) is 18.0. The van der Waals surface area contributed by atoms with Gasteiger partial charge in [-0.1, -0.05) is 6.42 Å². The van der Waals surface area contributed by atoms with E-state index in [1.807, 2.05) is 6.92 Å². The fraction of sp³-hybridized carbons (Fsp3) is 0.957. The quantitative estimate of drug-likeness (QED) is 0.232. The van der Waals surface area contributed by atoms with E-state index in [2.05, 4.69) is 39.3 Å². The van der Waals surface area contributed by atoms with Crippen molar-refractivity contribution in [1.29, 1.82) is 0 Å². The number of piperidine rings is 2. The second kappa shape index (κ2) is 13.6. The van der Waals surface area contributed by atoms with E-state index in [-0.39, 0.29) is 29.5 Å². The van der Waals surface area contributed by atoms with Crippen molar-refractivity contribution < 1.29 is 9.84 Å². The maximum Gasteiger partial charge on any atom is 0.191 e. The molecule has 0 saturated carbocycles. The second-order valence-electron chi connectivity index (χ2n) is 10.0. The van der Waals surface area contributed by atoms with Crippen LogP contribution >= 0.6 is 24.0 Å². The predicted octanol–water partition coefficient (Wildman–Crippen LogP) is 1.19. The highest BCUT2D eigenvalue weighted by Crippen LogP contribution is 2.30. The first-order valence-electron chi connectivity index (χ1n) is 12.4. The summed E-state index contributed by atoms with van der Waals surface area (Å²) in [7, 11) is 2.23. The smallest absolute Gasteiger partial charge is 0.191 e. The number of morpholine rings is 1. The lowest BCUT2D eigenvalue weighted by Gasteiger charge is -2.50. The van der Waals surface area contributed by atoms with Gasteiger partial charge < -0.3 is 25.4 Å². The van der Waals surface area contributed by atoms with E-state index in [0.717, 1.165) is 58.4 Å². The zero-order valence-corrected chi connectivity index (χ0v) is 22.9. The molecular weight excluding hydrogens is 519 g/mol. The van der Waals surface area contributed by atoms with E-state index in [9.17, 15) is 5.11 Å². The van der Waals surface area contributed by atoms with Crippen LogP contribution in [0.4, 0.5) is 0 Å². The number of hydrogen-bond donors (Lipinski definition) is 3. The molecule has 188 valence electrons. The molecule has 0 bridgehead atoms. The molecule has 3 aliphatic heterocycles. The van der Waals surface area contributed by atoms with E-state index >= 15 is 0 Å². The molecule has 3 rings (SSSR count). The predicted molar refractivity (Wildman–Crippen MR) is 142 cm³/mol. The molecule has 0 aromatic rings. The largest absolute Gasteiger partial charge is 0.387 e. The van der Waals surface area contributed by atoms with Gasteiger partial charge in [0.1, 0.15) is 0 Å². The van der Waals surface area contributed by atoms with Crippen molar-refractivity contribution in [3.05, 3.63) is 0 Å². The minimum atomic E-state index is -0.849. The molecule has 3 heterocycles. The van der Waals surface area contributed by atoms with E-state index in [4.69, 9.17) is 9.73 Å². The first-order valence-corrected chi connectivity index (χ1v) is 12.4. The fourth-order valence-corrected chi connectivity index (χ4v) is 5.14. The van der Waals surface area contributed by atoms with Gasteiger partial charge >= 0.3 is 0 Å². The standard InChI is InChI=1S/C23H46N6O2.HI/c1-4-24-21(25-18-22(2,30)20-28-14-16-31-17-15-28)26-19-23(8-12-27(3)13-9-23)29-10-6-5-7-11-29;/h30H,4-20H2,1-3H3,(H2,24,25,26);1H. The molecule has 0 aliphatic carbocycles. The Labute approximate surface area is 212 Å². The van der Waals surface area contributed by atoms with E-state index in [1.165, 1.54) is 45.2 Å². The van der Waals surface area contributed by atoms with Gasteiger partial charge in [-0.2, -0.15) is 0 Å². The highest BCUT2D eigenvalue weighted by Gasteiger charge is 2.39. The summed E-state index contributed by atoms with van der Waals surface area (Å²) in [6.45, 7) is 14.7. The van der Waals surface area contributed by atoms with Crippen LogP contribution in [0.1, 0.15) is 46.0 Å². The van der Waals surface area contributed by atoms with Crippen molar-refractivity contribution in [3.63, 3.8) is 0 Å². The number of aliphatic imine (C=N–C) groups is 1. The number of β-amino-alcohol motifs (C(OH)–C–C–N with tert-alkyl or cyclic N) is 1. The van der Waals surface area contributed by atoms with Crippen LogP contribution in [0.5, 0.6) is 0 Å². The normalized spacial score (nSPS) is 25.6. The van der Waals surface area contributed by atoms with Crippen molar-refractivity contribution in [1.82, 2.24) is 25.3 Å². The maximum atomic E-state index is 10.9. The van der Waals surface area contributed by atoms with Crippen LogP contribution in [0.15, 0.2) is 4.99 Å². The summed E-state index contributed by atoms with van der Waals surface area (Å²) in [4.78, 5) is 12.2. The molecule has 9 heteroatoms. The molecule has 3 saturated heterocycles.